The number of hydrogen-bond acceptors (Lipinski definition) is 14. The average molecular weight is 949 g/mol. The van der Waals surface area contributed by atoms with Gasteiger partial charge in [0, 0.05) is 32.6 Å². The van der Waals surface area contributed by atoms with E-state index in [0.29, 0.717) is 51.7 Å². The standard InChI is InChI=1S/C51H64N6O10Si/c1-33(2)68(34(3)4,35(5)6)66-32-64-46-45(58)43(30-65-51(37-14-12-11-13-15-37,38-18-24-41(61-9)25-19-38)39-20-26-42(62-10)27-21-39)67-49(46)56-31-52-44-47(56)53-50(55(7)8)54-48(44)63-29-28-36-16-22-40(23-17-36)57(59)60/h11-27,31,33-35,43,45-46,49,58H,28-30,32H2,1-10H3/t43-,45-,46-,49-/m1/s1. The molecule has 0 aliphatic carbocycles. The number of nitrogens with zero attached hydrogens (tertiary/aromatic N) is 6. The second-order valence-electron chi connectivity index (χ2n) is 18.2. The highest BCUT2D eigenvalue weighted by molar-refractivity contribution is 6.77. The van der Waals surface area contributed by atoms with Gasteiger partial charge in [0.15, 0.2) is 17.4 Å². The first kappa shape index (κ1) is 49.9. The Balaban J connectivity index is 1.27. The molecule has 4 atom stereocenters. The lowest BCUT2D eigenvalue weighted by molar-refractivity contribution is -0.384. The lowest BCUT2D eigenvalue weighted by Gasteiger charge is -2.42. The van der Waals surface area contributed by atoms with Gasteiger partial charge < -0.3 is 42.9 Å². The molecule has 0 amide bonds. The number of aliphatic hydroxyl groups excluding tert-OH is 1. The van der Waals surface area contributed by atoms with E-state index in [1.165, 1.54) is 12.1 Å². The van der Waals surface area contributed by atoms with Gasteiger partial charge in [-0.1, -0.05) is 108 Å². The summed E-state index contributed by atoms with van der Waals surface area (Å²) < 4.78 is 46.9. The molecule has 1 aliphatic heterocycles. The Morgan fingerprint density at radius 1 is 0.824 bits per heavy atom. The molecule has 0 radical (unpaired) electrons. The molecule has 362 valence electrons. The number of aliphatic hydroxyl groups is 1. The summed E-state index contributed by atoms with van der Waals surface area (Å²) in [6, 6.07) is 31.8. The molecule has 3 heterocycles. The molecule has 16 nitrogen and oxygen atoms in total. The van der Waals surface area contributed by atoms with Crippen molar-refractivity contribution in [2.75, 3.05) is 53.2 Å². The van der Waals surface area contributed by atoms with E-state index < -0.39 is 43.4 Å². The Morgan fingerprint density at radius 3 is 1.93 bits per heavy atom. The van der Waals surface area contributed by atoms with Gasteiger partial charge in [-0.3, -0.25) is 14.7 Å². The fraction of sp³-hybridized carbons (Fsp3) is 0.431. The second kappa shape index (κ2) is 21.6. The highest BCUT2D eigenvalue weighted by atomic mass is 28.4. The second-order valence-corrected chi connectivity index (χ2v) is 23.6. The summed E-state index contributed by atoms with van der Waals surface area (Å²) in [6.07, 6.45) is -1.98. The van der Waals surface area contributed by atoms with E-state index in [1.54, 1.807) is 42.1 Å². The molecule has 0 bridgehead atoms. The van der Waals surface area contributed by atoms with Crippen molar-refractivity contribution >= 4 is 31.1 Å². The quantitative estimate of drug-likeness (QED) is 0.0224. The van der Waals surface area contributed by atoms with Gasteiger partial charge >= 0.3 is 0 Å². The molecule has 6 aromatic rings. The average Bonchev–Trinajstić information content (AvgIpc) is 3.90. The Labute approximate surface area is 399 Å². The van der Waals surface area contributed by atoms with E-state index in [-0.39, 0.29) is 31.6 Å². The summed E-state index contributed by atoms with van der Waals surface area (Å²) in [5.41, 5.74) is 3.86. The molecule has 2 aromatic heterocycles. The van der Waals surface area contributed by atoms with Gasteiger partial charge in [-0.25, -0.2) is 4.98 Å². The van der Waals surface area contributed by atoms with E-state index in [9.17, 15) is 15.2 Å². The first-order valence-corrected chi connectivity index (χ1v) is 25.1. The number of hydrogen-bond donors (Lipinski definition) is 1. The van der Waals surface area contributed by atoms with Crippen LogP contribution in [-0.4, -0.2) is 104 Å². The van der Waals surface area contributed by atoms with Crippen LogP contribution in [0.3, 0.4) is 0 Å². The van der Waals surface area contributed by atoms with E-state index in [0.717, 1.165) is 22.3 Å². The van der Waals surface area contributed by atoms with E-state index in [4.69, 9.17) is 47.8 Å². The number of imidazole rings is 1. The summed E-state index contributed by atoms with van der Waals surface area (Å²) in [7, 11) is 4.52. The van der Waals surface area contributed by atoms with Crippen LogP contribution in [0.15, 0.2) is 109 Å². The van der Waals surface area contributed by atoms with Crippen LogP contribution < -0.4 is 19.1 Å². The lowest BCUT2D eigenvalue weighted by atomic mass is 9.80. The maximum absolute atomic E-state index is 12.5. The van der Waals surface area contributed by atoms with Crippen LogP contribution in [-0.2, 0) is 30.7 Å². The summed E-state index contributed by atoms with van der Waals surface area (Å²) in [4.78, 5) is 26.9. The fourth-order valence-corrected chi connectivity index (χ4v) is 14.9. The van der Waals surface area contributed by atoms with Crippen molar-refractivity contribution in [1.82, 2.24) is 19.5 Å². The Kier molecular flexibility index (Phi) is 15.8. The number of nitro benzene ring substituents is 1. The summed E-state index contributed by atoms with van der Waals surface area (Å²) >= 11 is 0. The maximum Gasteiger partial charge on any atom is 0.269 e. The first-order valence-electron chi connectivity index (χ1n) is 23.0. The molecular weight excluding hydrogens is 885 g/mol. The number of methoxy groups -OCH3 is 2. The van der Waals surface area contributed by atoms with Crippen LogP contribution in [0.2, 0.25) is 16.6 Å². The molecule has 4 aromatic carbocycles. The van der Waals surface area contributed by atoms with Crippen LogP contribution in [0.4, 0.5) is 11.6 Å². The number of ether oxygens (including phenoxy) is 6. The molecular formula is C51H64N6O10Si. The summed E-state index contributed by atoms with van der Waals surface area (Å²) in [5, 5.41) is 23.7. The van der Waals surface area contributed by atoms with E-state index >= 15 is 0 Å². The van der Waals surface area contributed by atoms with Crippen molar-refractivity contribution in [1.29, 1.82) is 0 Å². The number of fused-ring (bicyclic) bond motifs is 1. The number of benzene rings is 4. The number of nitro groups is 1. The smallest absolute Gasteiger partial charge is 0.269 e. The molecule has 0 unspecified atom stereocenters. The van der Waals surface area contributed by atoms with Crippen LogP contribution in [0.1, 0.15) is 70.0 Å². The largest absolute Gasteiger partial charge is 0.497 e. The van der Waals surface area contributed by atoms with Gasteiger partial charge in [-0.15, -0.1) is 0 Å². The molecule has 1 saturated heterocycles. The zero-order valence-corrected chi connectivity index (χ0v) is 41.6. The van der Waals surface area contributed by atoms with Gasteiger partial charge in [0.2, 0.25) is 20.1 Å². The first-order chi connectivity index (χ1) is 32.6. The molecule has 7 rings (SSSR count). The highest BCUT2D eigenvalue weighted by Crippen LogP contribution is 2.45. The van der Waals surface area contributed by atoms with Crippen molar-refractivity contribution in [3.8, 4) is 17.4 Å². The third-order valence-electron chi connectivity index (χ3n) is 13.1. The Hall–Kier alpha value is -5.95. The van der Waals surface area contributed by atoms with Crippen LogP contribution in [0.25, 0.3) is 11.2 Å². The zero-order chi connectivity index (χ0) is 48.8. The fourth-order valence-electron chi connectivity index (χ4n) is 9.67. The van der Waals surface area contributed by atoms with Gasteiger partial charge in [-0.05, 0) is 63.1 Å². The summed E-state index contributed by atoms with van der Waals surface area (Å²) in [5.74, 6) is 1.98. The van der Waals surface area contributed by atoms with Crippen molar-refractivity contribution in [3.63, 3.8) is 0 Å². The van der Waals surface area contributed by atoms with Gasteiger partial charge in [0.1, 0.15) is 42.2 Å². The number of rotatable bonds is 22. The molecule has 1 fully saturated rings. The molecule has 17 heteroatoms. The van der Waals surface area contributed by atoms with Crippen molar-refractivity contribution in [2.24, 2.45) is 0 Å². The monoisotopic (exact) mass is 948 g/mol. The SMILES string of the molecule is COc1ccc(C(OC[C@H]2O[C@@H](n3cnc4c(OCCc5ccc([N+](=O)[O-])cc5)nc(N(C)C)nc43)[C@H](OCO[Si](C(C)C)(C(C)C)C(C)C)[C@@H]2O)(c2ccccc2)c2ccc(OC)cc2)cc1. The highest BCUT2D eigenvalue weighted by Gasteiger charge is 2.50. The normalized spacial score (nSPS) is 17.6. The lowest BCUT2D eigenvalue weighted by Crippen LogP contribution is -2.49. The zero-order valence-electron chi connectivity index (χ0n) is 40.6. The number of non-ortho nitro benzene ring substituents is 1. The summed E-state index contributed by atoms with van der Waals surface area (Å²) in [6.45, 7) is 13.4. The van der Waals surface area contributed by atoms with Crippen molar-refractivity contribution < 1.29 is 42.9 Å². The van der Waals surface area contributed by atoms with Crippen LogP contribution in [0.5, 0.6) is 17.4 Å². The maximum atomic E-state index is 12.5. The third kappa shape index (κ3) is 10.1. The van der Waals surface area contributed by atoms with Crippen LogP contribution >= 0.6 is 0 Å². The molecule has 0 saturated carbocycles. The van der Waals surface area contributed by atoms with Crippen molar-refractivity contribution in [2.45, 2.75) is 94.7 Å². The van der Waals surface area contributed by atoms with Gasteiger partial charge in [0.25, 0.3) is 5.69 Å². The third-order valence-corrected chi connectivity index (χ3v) is 19.1. The molecule has 0 spiro atoms. The molecule has 68 heavy (non-hydrogen) atoms. The minimum Gasteiger partial charge on any atom is -0.497 e. The number of anilines is 1. The Morgan fingerprint density at radius 2 is 1.40 bits per heavy atom. The predicted molar refractivity (Wildman–Crippen MR) is 262 cm³/mol. The van der Waals surface area contributed by atoms with Gasteiger partial charge in [-0.2, -0.15) is 9.97 Å². The minimum atomic E-state index is -2.39. The van der Waals surface area contributed by atoms with Crippen molar-refractivity contribution in [3.05, 3.63) is 142 Å². The van der Waals surface area contributed by atoms with E-state index in [2.05, 4.69) is 41.5 Å². The Bertz CT molecular complexity index is 2510. The topological polar surface area (TPSA) is 175 Å². The molecule has 1 aliphatic rings. The molecule has 1 N–H and O–H groups in total. The minimum absolute atomic E-state index is 0.0152. The number of aromatic nitrogens is 4. The van der Waals surface area contributed by atoms with E-state index in [1.807, 2.05) is 93.0 Å². The van der Waals surface area contributed by atoms with Crippen LogP contribution in [0, 0.1) is 10.1 Å². The predicted octanol–water partition coefficient (Wildman–Crippen LogP) is 9.24. The van der Waals surface area contributed by atoms with Gasteiger partial charge in [0.05, 0.1) is 38.7 Å².